The molecule has 0 radical (unpaired) electrons. The first-order chi connectivity index (χ1) is 23.3. The van der Waals surface area contributed by atoms with Crippen LogP contribution < -0.4 is 25.3 Å². The highest BCUT2D eigenvalue weighted by atomic mass is 19.1. The molecule has 250 valence electrons. The van der Waals surface area contributed by atoms with Gasteiger partial charge in [-0.15, -0.1) is 0 Å². The van der Waals surface area contributed by atoms with Gasteiger partial charge in [0, 0.05) is 50.8 Å². The maximum atomic E-state index is 14.0. The molecule has 6 rings (SSSR count). The lowest BCUT2D eigenvalue weighted by Gasteiger charge is -2.37. The Morgan fingerprint density at radius 1 is 1.02 bits per heavy atom. The fourth-order valence-corrected chi connectivity index (χ4v) is 6.23. The highest BCUT2D eigenvalue weighted by Gasteiger charge is 2.30. The summed E-state index contributed by atoms with van der Waals surface area (Å²) < 4.78 is 33.7. The molecule has 3 aromatic carbocycles. The van der Waals surface area contributed by atoms with Crippen molar-refractivity contribution in [2.75, 3.05) is 67.0 Å². The van der Waals surface area contributed by atoms with Crippen LogP contribution in [0.1, 0.15) is 31.4 Å². The summed E-state index contributed by atoms with van der Waals surface area (Å²) >= 11 is 0. The molecule has 0 bridgehead atoms. The van der Waals surface area contributed by atoms with E-state index in [0.717, 1.165) is 56.5 Å². The Bertz CT molecular complexity index is 1760. The summed E-state index contributed by atoms with van der Waals surface area (Å²) in [6.45, 7) is 10.8. The third-order valence-electron chi connectivity index (χ3n) is 8.53. The number of anilines is 5. The summed E-state index contributed by atoms with van der Waals surface area (Å²) in [6.07, 6.45) is 4.48. The first-order valence-electron chi connectivity index (χ1n) is 16.1. The molecule has 2 aliphatic rings. The quantitative estimate of drug-likeness (QED) is 0.171. The van der Waals surface area contributed by atoms with E-state index in [0.29, 0.717) is 52.9 Å². The van der Waals surface area contributed by atoms with E-state index >= 15 is 0 Å². The molecule has 10 nitrogen and oxygen atoms in total. The van der Waals surface area contributed by atoms with Crippen molar-refractivity contribution in [3.05, 3.63) is 96.8 Å². The summed E-state index contributed by atoms with van der Waals surface area (Å²) in [5.41, 5.74) is 4.16. The minimum atomic E-state index is -0.631. The molecule has 0 aliphatic carbocycles. The predicted molar refractivity (Wildman–Crippen MR) is 184 cm³/mol. The van der Waals surface area contributed by atoms with Gasteiger partial charge in [-0.1, -0.05) is 31.7 Å². The minimum absolute atomic E-state index is 0.196. The summed E-state index contributed by atoms with van der Waals surface area (Å²) in [5.74, 6) is 0.0168. The van der Waals surface area contributed by atoms with Gasteiger partial charge in [-0.3, -0.25) is 14.5 Å². The van der Waals surface area contributed by atoms with Gasteiger partial charge in [0.15, 0.2) is 5.82 Å². The molecule has 1 atom stereocenters. The van der Waals surface area contributed by atoms with Gasteiger partial charge < -0.3 is 20.3 Å². The third-order valence-corrected chi connectivity index (χ3v) is 8.53. The van der Waals surface area contributed by atoms with E-state index in [1.54, 1.807) is 18.2 Å². The second-order valence-corrected chi connectivity index (χ2v) is 11.7. The first kappa shape index (κ1) is 32.9. The van der Waals surface area contributed by atoms with E-state index in [1.165, 1.54) is 24.5 Å². The minimum Gasteiger partial charge on any atom is -0.494 e. The molecule has 48 heavy (non-hydrogen) atoms. The van der Waals surface area contributed by atoms with Crippen LogP contribution in [0.2, 0.25) is 0 Å². The average molecular weight is 656 g/mol. The normalized spacial score (nSPS) is 16.5. The molecule has 3 heterocycles. The number of rotatable bonds is 11. The maximum absolute atomic E-state index is 14.0. The zero-order valence-electron chi connectivity index (χ0n) is 27.1. The fraction of sp³-hybridized carbons (Fsp3) is 0.306. The van der Waals surface area contributed by atoms with Crippen LogP contribution in [0.4, 0.5) is 37.5 Å². The Labute approximate surface area is 279 Å². The predicted octanol–water partition coefficient (Wildman–Crippen LogP) is 6.71. The Hall–Kier alpha value is -5.07. The van der Waals surface area contributed by atoms with Crippen molar-refractivity contribution < 1.29 is 23.1 Å². The zero-order valence-corrected chi connectivity index (χ0v) is 27.1. The van der Waals surface area contributed by atoms with Crippen LogP contribution in [-0.2, 0) is 9.63 Å². The van der Waals surface area contributed by atoms with Gasteiger partial charge in [-0.05, 0) is 60.0 Å². The highest BCUT2D eigenvalue weighted by Crippen LogP contribution is 2.40. The number of carbonyl (C=O) groups is 1. The van der Waals surface area contributed by atoms with Crippen molar-refractivity contribution in [3.63, 3.8) is 0 Å². The second-order valence-electron chi connectivity index (χ2n) is 11.7. The molecule has 2 aliphatic heterocycles. The van der Waals surface area contributed by atoms with Gasteiger partial charge in [-0.25, -0.2) is 23.8 Å². The number of nitrogens with one attached hydrogen (secondary N) is 2. The highest BCUT2D eigenvalue weighted by molar-refractivity contribution is 6.02. The van der Waals surface area contributed by atoms with Crippen molar-refractivity contribution in [2.45, 2.75) is 25.8 Å². The molecule has 1 aromatic heterocycles. The Balaban J connectivity index is 1.26. The second kappa shape index (κ2) is 14.8. The Morgan fingerprint density at radius 2 is 1.81 bits per heavy atom. The Morgan fingerprint density at radius 3 is 2.54 bits per heavy atom. The van der Waals surface area contributed by atoms with E-state index in [4.69, 9.17) is 9.57 Å². The number of aromatic nitrogens is 2. The number of ether oxygens (including phenoxy) is 1. The number of halogens is 2. The molecule has 2 N–H and O–H groups in total. The van der Waals surface area contributed by atoms with E-state index in [1.807, 2.05) is 36.4 Å². The van der Waals surface area contributed by atoms with E-state index in [-0.39, 0.29) is 11.9 Å². The van der Waals surface area contributed by atoms with Gasteiger partial charge in [0.2, 0.25) is 5.91 Å². The number of benzene rings is 3. The number of nitrogens with zero attached hydrogens (tertiary/aromatic N) is 5. The average Bonchev–Trinajstić information content (AvgIpc) is 3.59. The molecule has 2 saturated heterocycles. The lowest BCUT2D eigenvalue weighted by atomic mass is 9.98. The number of hydrogen-bond acceptors (Lipinski definition) is 9. The SMILES string of the molecule is C=CC(=O)Nc1cc(Nc2cc(N3OCC[C@@H]3c3cccc(-c4cc(F)cc(F)c4)c3)ncn2)c(OC)cc1N1CCN(CCC)CC1. The summed E-state index contributed by atoms with van der Waals surface area (Å²) in [5, 5.41) is 8.03. The van der Waals surface area contributed by atoms with Crippen LogP contribution in [0, 0.1) is 11.6 Å². The van der Waals surface area contributed by atoms with Gasteiger partial charge in [-0.2, -0.15) is 0 Å². The molecular formula is C36H39F2N7O3. The Kier molecular flexibility index (Phi) is 10.1. The molecule has 0 spiro atoms. The van der Waals surface area contributed by atoms with Gasteiger partial charge in [0.1, 0.15) is 29.5 Å². The number of hydrogen-bond donors (Lipinski definition) is 2. The van der Waals surface area contributed by atoms with Crippen LogP contribution in [0.25, 0.3) is 11.1 Å². The molecule has 4 aromatic rings. The summed E-state index contributed by atoms with van der Waals surface area (Å²) in [4.78, 5) is 32.1. The van der Waals surface area contributed by atoms with Crippen LogP contribution >= 0.6 is 0 Å². The molecule has 12 heteroatoms. The first-order valence-corrected chi connectivity index (χ1v) is 16.1. The topological polar surface area (TPSA) is 95.1 Å². The van der Waals surface area contributed by atoms with Crippen molar-refractivity contribution in [1.29, 1.82) is 0 Å². The maximum Gasteiger partial charge on any atom is 0.247 e. The molecule has 2 fully saturated rings. The molecule has 0 unspecified atom stereocenters. The van der Waals surface area contributed by atoms with Crippen LogP contribution in [0.5, 0.6) is 5.75 Å². The van der Waals surface area contributed by atoms with Gasteiger partial charge in [0.05, 0.1) is 36.8 Å². The van der Waals surface area contributed by atoms with Crippen molar-refractivity contribution in [2.24, 2.45) is 0 Å². The van der Waals surface area contributed by atoms with Crippen molar-refractivity contribution >= 4 is 34.6 Å². The largest absolute Gasteiger partial charge is 0.494 e. The molecular weight excluding hydrogens is 616 g/mol. The van der Waals surface area contributed by atoms with E-state index < -0.39 is 11.6 Å². The number of carbonyl (C=O) groups excluding carboxylic acids is 1. The lowest BCUT2D eigenvalue weighted by Crippen LogP contribution is -2.46. The van der Waals surface area contributed by atoms with Gasteiger partial charge in [0.25, 0.3) is 0 Å². The molecule has 1 amide bonds. The number of hydroxylamine groups is 1. The lowest BCUT2D eigenvalue weighted by molar-refractivity contribution is -0.111. The number of methoxy groups -OCH3 is 1. The van der Waals surface area contributed by atoms with Gasteiger partial charge >= 0.3 is 0 Å². The third kappa shape index (κ3) is 7.40. The van der Waals surface area contributed by atoms with Crippen LogP contribution in [0.15, 0.2) is 79.6 Å². The monoisotopic (exact) mass is 655 g/mol. The fourth-order valence-electron chi connectivity index (χ4n) is 6.23. The summed E-state index contributed by atoms with van der Waals surface area (Å²) in [7, 11) is 1.60. The van der Waals surface area contributed by atoms with E-state index in [2.05, 4.69) is 43.9 Å². The number of amides is 1. The van der Waals surface area contributed by atoms with Crippen LogP contribution in [0.3, 0.4) is 0 Å². The van der Waals surface area contributed by atoms with Crippen molar-refractivity contribution in [3.8, 4) is 16.9 Å². The van der Waals surface area contributed by atoms with Crippen LogP contribution in [-0.4, -0.2) is 67.2 Å². The van der Waals surface area contributed by atoms with E-state index in [9.17, 15) is 13.6 Å². The standard InChI is InChI=1S/C36H39F2N7O3/c1-4-10-43-11-13-44(14-12-43)32-21-33(47-3)30(20-29(32)42-36(46)5-2)41-34-22-35(40-23-39-34)45-31(9-15-48-45)25-8-6-7-24(16-25)26-17-27(37)19-28(38)18-26/h5-8,16-23,31H,2,4,9-15H2,1,3H3,(H,42,46)(H,39,40,41)/t31-/m1/s1. The zero-order chi connectivity index (χ0) is 33.6. The smallest absolute Gasteiger partial charge is 0.247 e. The molecule has 0 saturated carbocycles. The summed E-state index contributed by atoms with van der Waals surface area (Å²) in [6, 6.07) is 16.4. The van der Waals surface area contributed by atoms with Crippen molar-refractivity contribution in [1.82, 2.24) is 14.9 Å². The number of piperazine rings is 1.